The fraction of sp³-hybridized carbons (Fsp3) is 0.667. The van der Waals surface area contributed by atoms with E-state index in [1.54, 1.807) is 0 Å². The van der Waals surface area contributed by atoms with Crippen LogP contribution in [0.15, 0.2) is 18.2 Å². The van der Waals surface area contributed by atoms with Crippen LogP contribution in [-0.4, -0.2) is 18.4 Å². The number of rotatable bonds is 14. The number of Topliss-reactive ketones (excluding diaryl/α,β-unsaturated/α-hetero) is 2. The van der Waals surface area contributed by atoms with E-state index in [9.17, 15) is 9.59 Å². The second-order valence-corrected chi connectivity index (χ2v) is 7.85. The Hall–Kier alpha value is -1.84. The highest BCUT2D eigenvalue weighted by Crippen LogP contribution is 2.31. The van der Waals surface area contributed by atoms with Crippen molar-refractivity contribution >= 4 is 11.6 Å². The number of unbranched alkanes of at least 4 members (excludes halogenated alkanes) is 1. The van der Waals surface area contributed by atoms with Gasteiger partial charge in [-0.15, -0.1) is 0 Å². The molecule has 4 heteroatoms. The molecule has 156 valence electrons. The molecular weight excluding hydrogens is 352 g/mol. The van der Waals surface area contributed by atoms with Gasteiger partial charge in [-0.05, 0) is 43.2 Å². The predicted octanol–water partition coefficient (Wildman–Crippen LogP) is 5.90. The fourth-order valence-electron chi connectivity index (χ4n) is 4.03. The van der Waals surface area contributed by atoms with Crippen LogP contribution in [0.25, 0.3) is 0 Å². The van der Waals surface area contributed by atoms with Crippen LogP contribution in [0.5, 0.6) is 11.5 Å². The predicted molar refractivity (Wildman–Crippen MR) is 112 cm³/mol. The maximum Gasteiger partial charge on any atom is 0.230 e. The van der Waals surface area contributed by atoms with E-state index in [4.69, 9.17) is 9.47 Å². The van der Waals surface area contributed by atoms with Crippen molar-refractivity contribution in [1.29, 1.82) is 0 Å². The van der Waals surface area contributed by atoms with Crippen molar-refractivity contribution in [3.8, 4) is 11.5 Å². The molecule has 1 aromatic rings. The SMILES string of the molecule is CCCCC(CCCc1ccc2cc1OCO2)CCC(C(=O)CC)C(=O)CC. The Kier molecular flexibility index (Phi) is 9.52. The van der Waals surface area contributed by atoms with Gasteiger partial charge in [0.25, 0.3) is 0 Å². The molecule has 0 saturated carbocycles. The third-order valence-corrected chi connectivity index (χ3v) is 5.84. The summed E-state index contributed by atoms with van der Waals surface area (Å²) in [7, 11) is 0. The van der Waals surface area contributed by atoms with E-state index < -0.39 is 0 Å². The van der Waals surface area contributed by atoms with Crippen LogP contribution in [0.2, 0.25) is 0 Å². The Bertz CT molecular complexity index is 621. The first-order chi connectivity index (χ1) is 13.6. The van der Waals surface area contributed by atoms with E-state index in [0.717, 1.165) is 37.2 Å². The first kappa shape index (κ1) is 22.4. The van der Waals surface area contributed by atoms with Gasteiger partial charge in [-0.25, -0.2) is 0 Å². The van der Waals surface area contributed by atoms with Gasteiger partial charge >= 0.3 is 0 Å². The molecule has 1 aliphatic rings. The lowest BCUT2D eigenvalue weighted by molar-refractivity contribution is -0.132. The molecule has 1 aliphatic heterocycles. The molecule has 0 saturated heterocycles. The molecule has 2 bridgehead atoms. The molecule has 1 unspecified atom stereocenters. The normalized spacial score (nSPS) is 13.7. The Morgan fingerprint density at radius 2 is 1.64 bits per heavy atom. The van der Waals surface area contributed by atoms with Gasteiger partial charge in [0.15, 0.2) is 0 Å². The number of carbonyl (C=O) groups is 2. The van der Waals surface area contributed by atoms with E-state index in [0.29, 0.717) is 32.0 Å². The molecule has 1 heterocycles. The highest BCUT2D eigenvalue weighted by Gasteiger charge is 2.24. The summed E-state index contributed by atoms with van der Waals surface area (Å²) in [5.74, 6) is 2.23. The van der Waals surface area contributed by atoms with Gasteiger partial charge < -0.3 is 9.47 Å². The Balaban J connectivity index is 1.88. The molecule has 2 rings (SSSR count). The first-order valence-electron chi connectivity index (χ1n) is 11.0. The molecule has 0 spiro atoms. The van der Waals surface area contributed by atoms with Gasteiger partial charge in [0, 0.05) is 18.9 Å². The smallest absolute Gasteiger partial charge is 0.230 e. The minimum absolute atomic E-state index is 0.111. The van der Waals surface area contributed by atoms with Crippen LogP contribution >= 0.6 is 0 Å². The fourth-order valence-corrected chi connectivity index (χ4v) is 4.03. The number of carbonyl (C=O) groups excluding carboxylic acids is 2. The lowest BCUT2D eigenvalue weighted by atomic mass is 9.84. The third-order valence-electron chi connectivity index (χ3n) is 5.84. The maximum atomic E-state index is 12.2. The van der Waals surface area contributed by atoms with Crippen molar-refractivity contribution < 1.29 is 19.1 Å². The molecule has 1 atom stereocenters. The number of ketones is 2. The lowest BCUT2D eigenvalue weighted by Crippen LogP contribution is -2.24. The van der Waals surface area contributed by atoms with E-state index in [2.05, 4.69) is 13.0 Å². The molecular formula is C24H36O4. The Morgan fingerprint density at radius 3 is 2.32 bits per heavy atom. The molecule has 28 heavy (non-hydrogen) atoms. The van der Waals surface area contributed by atoms with Gasteiger partial charge in [0.1, 0.15) is 23.1 Å². The minimum atomic E-state index is -0.385. The number of hydrogen-bond acceptors (Lipinski definition) is 4. The summed E-state index contributed by atoms with van der Waals surface area (Å²) in [5, 5.41) is 0. The van der Waals surface area contributed by atoms with Gasteiger partial charge in [-0.2, -0.15) is 0 Å². The summed E-state index contributed by atoms with van der Waals surface area (Å²) in [6.07, 6.45) is 9.39. The largest absolute Gasteiger partial charge is 0.457 e. The minimum Gasteiger partial charge on any atom is -0.457 e. The summed E-state index contributed by atoms with van der Waals surface area (Å²) in [4.78, 5) is 24.4. The molecule has 1 aromatic carbocycles. The van der Waals surface area contributed by atoms with E-state index in [1.165, 1.54) is 24.8 Å². The van der Waals surface area contributed by atoms with Crippen molar-refractivity contribution in [2.45, 2.75) is 85.0 Å². The highest BCUT2D eigenvalue weighted by molar-refractivity contribution is 6.02. The molecule has 0 fully saturated rings. The van der Waals surface area contributed by atoms with Crippen LogP contribution in [0.3, 0.4) is 0 Å². The zero-order chi connectivity index (χ0) is 20.4. The Morgan fingerprint density at radius 1 is 0.929 bits per heavy atom. The van der Waals surface area contributed by atoms with Crippen molar-refractivity contribution in [3.63, 3.8) is 0 Å². The summed E-state index contributed by atoms with van der Waals surface area (Å²) in [6, 6.07) is 6.07. The van der Waals surface area contributed by atoms with Crippen molar-refractivity contribution in [3.05, 3.63) is 23.8 Å². The quantitative estimate of drug-likeness (QED) is 0.372. The number of fused-ring (bicyclic) bond motifs is 2. The average Bonchev–Trinajstić information content (AvgIpc) is 2.72. The zero-order valence-electron chi connectivity index (χ0n) is 17.8. The van der Waals surface area contributed by atoms with Gasteiger partial charge in [-0.3, -0.25) is 9.59 Å². The number of benzene rings is 1. The second-order valence-electron chi connectivity index (χ2n) is 7.85. The van der Waals surface area contributed by atoms with Crippen LogP contribution < -0.4 is 9.47 Å². The summed E-state index contributed by atoms with van der Waals surface area (Å²) in [6.45, 7) is 6.23. The molecule has 0 radical (unpaired) electrons. The highest BCUT2D eigenvalue weighted by atomic mass is 16.7. The van der Waals surface area contributed by atoms with Crippen molar-refractivity contribution in [2.75, 3.05) is 6.79 Å². The summed E-state index contributed by atoms with van der Waals surface area (Å²) in [5.41, 5.74) is 1.24. The van der Waals surface area contributed by atoms with Crippen LogP contribution in [0.1, 0.15) is 84.1 Å². The first-order valence-corrected chi connectivity index (χ1v) is 11.0. The monoisotopic (exact) mass is 388 g/mol. The van der Waals surface area contributed by atoms with Gasteiger partial charge in [0.05, 0.1) is 5.92 Å². The lowest BCUT2D eigenvalue weighted by Gasteiger charge is -2.21. The molecule has 0 aromatic heterocycles. The van der Waals surface area contributed by atoms with Crippen molar-refractivity contribution in [1.82, 2.24) is 0 Å². The number of ether oxygens (including phenoxy) is 2. The van der Waals surface area contributed by atoms with Crippen LogP contribution in [0.4, 0.5) is 0 Å². The van der Waals surface area contributed by atoms with Crippen molar-refractivity contribution in [2.24, 2.45) is 11.8 Å². The molecule has 4 nitrogen and oxygen atoms in total. The summed E-state index contributed by atoms with van der Waals surface area (Å²) >= 11 is 0. The van der Waals surface area contributed by atoms with E-state index >= 15 is 0 Å². The standard InChI is InChI=1S/C24H36O4/c1-4-7-9-18(12-15-21(22(25)5-2)23(26)6-3)10-8-11-19-13-14-20-16-24(19)28-17-27-20/h13-14,16,18,21H,4-12,15,17H2,1-3H3. The molecule has 0 N–H and O–H groups in total. The molecule has 0 aliphatic carbocycles. The Labute approximate surface area is 170 Å². The van der Waals surface area contributed by atoms with E-state index in [1.807, 2.05) is 26.0 Å². The van der Waals surface area contributed by atoms with Crippen LogP contribution in [0, 0.1) is 11.8 Å². The average molecular weight is 389 g/mol. The number of hydrogen-bond donors (Lipinski definition) is 0. The van der Waals surface area contributed by atoms with E-state index in [-0.39, 0.29) is 17.5 Å². The van der Waals surface area contributed by atoms with Gasteiger partial charge in [0.2, 0.25) is 6.79 Å². The topological polar surface area (TPSA) is 52.6 Å². The number of aryl methyl sites for hydroxylation is 1. The third kappa shape index (κ3) is 6.65. The second kappa shape index (κ2) is 11.9. The summed E-state index contributed by atoms with van der Waals surface area (Å²) < 4.78 is 11.0. The maximum absolute atomic E-state index is 12.2. The van der Waals surface area contributed by atoms with Crippen LogP contribution in [-0.2, 0) is 16.0 Å². The van der Waals surface area contributed by atoms with Gasteiger partial charge in [-0.1, -0.05) is 52.5 Å². The zero-order valence-corrected chi connectivity index (χ0v) is 17.8. The molecule has 0 amide bonds.